The van der Waals surface area contributed by atoms with Gasteiger partial charge in [0.25, 0.3) is 0 Å². The second-order valence-electron chi connectivity index (χ2n) is 5.51. The molecule has 1 aromatic rings. The molecule has 0 saturated heterocycles. The molecule has 7 heteroatoms. The maximum absolute atomic E-state index is 12.0. The molecule has 2 N–H and O–H groups in total. The summed E-state index contributed by atoms with van der Waals surface area (Å²) < 4.78 is 1.01. The van der Waals surface area contributed by atoms with Crippen molar-refractivity contribution in [1.82, 2.24) is 10.2 Å². The normalized spacial score (nSPS) is 10.8. The highest BCUT2D eigenvalue weighted by atomic mass is 127. The molecular formula is C17H28BrIN4O. The monoisotopic (exact) mass is 510 g/mol. The van der Waals surface area contributed by atoms with Gasteiger partial charge in [0.15, 0.2) is 5.96 Å². The van der Waals surface area contributed by atoms with Gasteiger partial charge in [-0.15, -0.1) is 24.0 Å². The second kappa shape index (κ2) is 12.5. The summed E-state index contributed by atoms with van der Waals surface area (Å²) >= 11 is 3.42. The van der Waals surface area contributed by atoms with E-state index in [1.807, 2.05) is 32.2 Å². The first kappa shape index (κ1) is 23.2. The van der Waals surface area contributed by atoms with Crippen LogP contribution >= 0.6 is 39.9 Å². The van der Waals surface area contributed by atoms with Crippen molar-refractivity contribution in [2.24, 2.45) is 4.99 Å². The molecule has 0 aliphatic rings. The molecule has 0 heterocycles. The molecular weight excluding hydrogens is 483 g/mol. The highest BCUT2D eigenvalue weighted by Crippen LogP contribution is 2.20. The Morgan fingerprint density at radius 2 is 2.08 bits per heavy atom. The first-order valence-electron chi connectivity index (χ1n) is 7.95. The lowest BCUT2D eigenvalue weighted by Crippen LogP contribution is -2.40. The molecule has 0 spiro atoms. The van der Waals surface area contributed by atoms with Gasteiger partial charge in [0.1, 0.15) is 0 Å². The molecule has 0 aromatic heterocycles. The molecule has 0 aliphatic carbocycles. The van der Waals surface area contributed by atoms with Crippen LogP contribution < -0.4 is 10.6 Å². The Morgan fingerprint density at radius 3 is 2.67 bits per heavy atom. The third kappa shape index (κ3) is 8.32. The van der Waals surface area contributed by atoms with Crippen molar-refractivity contribution in [1.29, 1.82) is 0 Å². The van der Waals surface area contributed by atoms with Gasteiger partial charge < -0.3 is 15.5 Å². The maximum atomic E-state index is 12.0. The standard InChI is InChI=1S/C17H27BrN4O.HI/c1-5-6-11-22(4)17(19-3)20-10-9-16(23)21-15-8-7-14(18)12-13(15)2;/h7-8,12H,5-6,9-11H2,1-4H3,(H,19,20)(H,21,23);1H. The fraction of sp³-hybridized carbons (Fsp3) is 0.529. The van der Waals surface area contributed by atoms with E-state index < -0.39 is 0 Å². The minimum Gasteiger partial charge on any atom is -0.356 e. The summed E-state index contributed by atoms with van der Waals surface area (Å²) in [4.78, 5) is 18.4. The van der Waals surface area contributed by atoms with Gasteiger partial charge >= 0.3 is 0 Å². The van der Waals surface area contributed by atoms with Crippen molar-refractivity contribution in [3.05, 3.63) is 28.2 Å². The smallest absolute Gasteiger partial charge is 0.226 e. The number of anilines is 1. The van der Waals surface area contributed by atoms with Crippen LogP contribution in [0.15, 0.2) is 27.7 Å². The molecule has 5 nitrogen and oxygen atoms in total. The Balaban J connectivity index is 0.00000529. The first-order chi connectivity index (χ1) is 11.0. The van der Waals surface area contributed by atoms with Crippen molar-refractivity contribution in [3.63, 3.8) is 0 Å². The van der Waals surface area contributed by atoms with Gasteiger partial charge in [-0.25, -0.2) is 0 Å². The second-order valence-corrected chi connectivity index (χ2v) is 6.42. The summed E-state index contributed by atoms with van der Waals surface area (Å²) in [5, 5.41) is 6.17. The molecule has 136 valence electrons. The number of nitrogens with one attached hydrogen (secondary N) is 2. The fourth-order valence-electron chi connectivity index (χ4n) is 2.15. The van der Waals surface area contributed by atoms with E-state index in [9.17, 15) is 4.79 Å². The Kier molecular flexibility index (Phi) is 12.1. The number of nitrogens with zero attached hydrogens (tertiary/aromatic N) is 2. The molecule has 0 saturated carbocycles. The first-order valence-corrected chi connectivity index (χ1v) is 8.75. The number of carbonyl (C=O) groups is 1. The molecule has 24 heavy (non-hydrogen) atoms. The lowest BCUT2D eigenvalue weighted by Gasteiger charge is -2.21. The van der Waals surface area contributed by atoms with Crippen LogP contribution in [0.5, 0.6) is 0 Å². The van der Waals surface area contributed by atoms with Crippen LogP contribution in [-0.2, 0) is 4.79 Å². The lowest BCUT2D eigenvalue weighted by atomic mass is 10.2. The van der Waals surface area contributed by atoms with Crippen LogP contribution in [0.25, 0.3) is 0 Å². The summed E-state index contributed by atoms with van der Waals surface area (Å²) in [5.41, 5.74) is 1.89. The number of hydrogen-bond donors (Lipinski definition) is 2. The molecule has 0 aliphatic heterocycles. The van der Waals surface area contributed by atoms with Gasteiger partial charge in [-0.05, 0) is 37.1 Å². The fourth-order valence-corrected chi connectivity index (χ4v) is 2.63. The largest absolute Gasteiger partial charge is 0.356 e. The number of aryl methyl sites for hydroxylation is 1. The number of halogens is 2. The van der Waals surface area contributed by atoms with E-state index in [1.54, 1.807) is 7.05 Å². The van der Waals surface area contributed by atoms with Crippen LogP contribution in [0.1, 0.15) is 31.7 Å². The summed E-state index contributed by atoms with van der Waals surface area (Å²) in [6.07, 6.45) is 2.67. The zero-order valence-corrected chi connectivity index (χ0v) is 18.8. The van der Waals surface area contributed by atoms with Crippen molar-refractivity contribution >= 4 is 57.5 Å². The molecule has 0 atom stereocenters. The van der Waals surface area contributed by atoms with Gasteiger partial charge in [0.05, 0.1) is 0 Å². The number of guanidine groups is 1. The average Bonchev–Trinajstić information content (AvgIpc) is 2.52. The summed E-state index contributed by atoms with van der Waals surface area (Å²) in [5.74, 6) is 0.820. The van der Waals surface area contributed by atoms with E-state index in [2.05, 4.69) is 43.4 Å². The number of amides is 1. The van der Waals surface area contributed by atoms with Crippen molar-refractivity contribution in [3.8, 4) is 0 Å². The molecule has 1 rings (SSSR count). The Hall–Kier alpha value is -0.830. The Labute approximate surface area is 170 Å². The van der Waals surface area contributed by atoms with E-state index in [4.69, 9.17) is 0 Å². The van der Waals surface area contributed by atoms with Crippen LogP contribution in [0.2, 0.25) is 0 Å². The number of aliphatic imine (C=N–C) groups is 1. The highest BCUT2D eigenvalue weighted by molar-refractivity contribution is 14.0. The van der Waals surface area contributed by atoms with E-state index in [-0.39, 0.29) is 29.9 Å². The van der Waals surface area contributed by atoms with Crippen LogP contribution in [0, 0.1) is 6.92 Å². The predicted molar refractivity (Wildman–Crippen MR) is 116 cm³/mol. The van der Waals surface area contributed by atoms with Crippen molar-refractivity contribution in [2.45, 2.75) is 33.1 Å². The number of rotatable bonds is 7. The summed E-state index contributed by atoms with van der Waals surface area (Å²) in [7, 11) is 3.77. The van der Waals surface area contributed by atoms with Gasteiger partial charge in [0, 0.05) is 43.8 Å². The van der Waals surface area contributed by atoms with Gasteiger partial charge in [0.2, 0.25) is 5.91 Å². The van der Waals surface area contributed by atoms with Gasteiger partial charge in [-0.3, -0.25) is 9.79 Å². The zero-order valence-electron chi connectivity index (χ0n) is 14.9. The lowest BCUT2D eigenvalue weighted by molar-refractivity contribution is -0.116. The van der Waals surface area contributed by atoms with Crippen LogP contribution in [0.3, 0.4) is 0 Å². The average molecular weight is 511 g/mol. The molecule has 0 unspecified atom stereocenters. The highest BCUT2D eigenvalue weighted by Gasteiger charge is 2.08. The molecule has 0 fully saturated rings. The van der Waals surface area contributed by atoms with Crippen molar-refractivity contribution in [2.75, 3.05) is 32.5 Å². The van der Waals surface area contributed by atoms with Crippen LogP contribution in [-0.4, -0.2) is 44.0 Å². The van der Waals surface area contributed by atoms with Crippen LogP contribution in [0.4, 0.5) is 5.69 Å². The number of hydrogen-bond acceptors (Lipinski definition) is 2. The number of unbranched alkanes of at least 4 members (excludes halogenated alkanes) is 1. The third-order valence-electron chi connectivity index (χ3n) is 3.52. The Morgan fingerprint density at radius 1 is 1.38 bits per heavy atom. The van der Waals surface area contributed by atoms with E-state index in [0.29, 0.717) is 13.0 Å². The Bertz CT molecular complexity index is 551. The zero-order chi connectivity index (χ0) is 17.2. The SMILES string of the molecule is CCCCN(C)C(=NC)NCCC(=O)Nc1ccc(Br)cc1C.I. The van der Waals surface area contributed by atoms with Crippen molar-refractivity contribution < 1.29 is 4.79 Å². The van der Waals surface area contributed by atoms with Gasteiger partial charge in [-0.2, -0.15) is 0 Å². The summed E-state index contributed by atoms with van der Waals surface area (Å²) in [6.45, 7) is 5.66. The number of benzene rings is 1. The molecule has 1 aromatic carbocycles. The topological polar surface area (TPSA) is 56.7 Å². The number of carbonyl (C=O) groups excluding carboxylic acids is 1. The van der Waals surface area contributed by atoms with E-state index in [1.165, 1.54) is 0 Å². The van der Waals surface area contributed by atoms with E-state index in [0.717, 1.165) is 41.1 Å². The maximum Gasteiger partial charge on any atom is 0.226 e. The van der Waals surface area contributed by atoms with Gasteiger partial charge in [-0.1, -0.05) is 29.3 Å². The minimum absolute atomic E-state index is 0. The summed E-state index contributed by atoms with van der Waals surface area (Å²) in [6, 6.07) is 5.81. The van der Waals surface area contributed by atoms with E-state index >= 15 is 0 Å². The molecule has 0 bridgehead atoms. The molecule has 1 amide bonds. The third-order valence-corrected chi connectivity index (χ3v) is 4.01. The predicted octanol–water partition coefficient (Wildman–Crippen LogP) is 4.01. The minimum atomic E-state index is -0.00501. The quantitative estimate of drug-likeness (QED) is 0.331. The molecule has 0 radical (unpaired) electrons.